The molecule has 0 bridgehead atoms. The van der Waals surface area contributed by atoms with Crippen LogP contribution in [0.3, 0.4) is 0 Å². The molecule has 0 aromatic heterocycles. The van der Waals surface area contributed by atoms with Gasteiger partial charge in [-0.1, -0.05) is 13.8 Å². The van der Waals surface area contributed by atoms with E-state index in [1.165, 1.54) is 19.3 Å². The van der Waals surface area contributed by atoms with Crippen molar-refractivity contribution in [3.05, 3.63) is 0 Å². The minimum Gasteiger partial charge on any atom is -0.297 e. The zero-order valence-electron chi connectivity index (χ0n) is 8.56. The standard InChI is InChI=1S/C11H18N2/c1-10(2)5-6-11(7-10,8-12)13-9-3-4-9/h9,13H,3-7H2,1-2H3. The highest BCUT2D eigenvalue weighted by molar-refractivity contribution is 5.15. The van der Waals surface area contributed by atoms with Crippen molar-refractivity contribution in [1.82, 2.24) is 5.32 Å². The van der Waals surface area contributed by atoms with E-state index in [-0.39, 0.29) is 5.54 Å². The first-order chi connectivity index (χ1) is 6.05. The summed E-state index contributed by atoms with van der Waals surface area (Å²) < 4.78 is 0. The van der Waals surface area contributed by atoms with Crippen molar-refractivity contribution in [2.75, 3.05) is 0 Å². The van der Waals surface area contributed by atoms with Crippen molar-refractivity contribution >= 4 is 0 Å². The van der Waals surface area contributed by atoms with Crippen LogP contribution >= 0.6 is 0 Å². The first-order valence-electron chi connectivity index (χ1n) is 5.24. The fraction of sp³-hybridized carbons (Fsp3) is 0.909. The van der Waals surface area contributed by atoms with E-state index in [1.54, 1.807) is 0 Å². The molecule has 1 N–H and O–H groups in total. The van der Waals surface area contributed by atoms with Crippen molar-refractivity contribution in [1.29, 1.82) is 5.26 Å². The van der Waals surface area contributed by atoms with Crippen molar-refractivity contribution < 1.29 is 0 Å². The first-order valence-corrected chi connectivity index (χ1v) is 5.24. The van der Waals surface area contributed by atoms with Crippen molar-refractivity contribution in [3.8, 4) is 6.07 Å². The van der Waals surface area contributed by atoms with Gasteiger partial charge in [0.05, 0.1) is 6.07 Å². The molecule has 2 saturated carbocycles. The highest BCUT2D eigenvalue weighted by Crippen LogP contribution is 2.44. The smallest absolute Gasteiger partial charge is 0.107 e. The van der Waals surface area contributed by atoms with Crippen LogP contribution in [-0.2, 0) is 0 Å². The minimum atomic E-state index is -0.190. The van der Waals surface area contributed by atoms with Crippen LogP contribution in [0.5, 0.6) is 0 Å². The molecular weight excluding hydrogens is 160 g/mol. The molecule has 0 spiro atoms. The zero-order valence-corrected chi connectivity index (χ0v) is 8.56. The van der Waals surface area contributed by atoms with E-state index in [1.807, 2.05) is 0 Å². The van der Waals surface area contributed by atoms with E-state index >= 15 is 0 Å². The molecule has 0 aromatic rings. The van der Waals surface area contributed by atoms with Crippen LogP contribution in [-0.4, -0.2) is 11.6 Å². The van der Waals surface area contributed by atoms with E-state index in [9.17, 15) is 5.26 Å². The Bertz CT molecular complexity index is 247. The molecule has 0 radical (unpaired) electrons. The molecule has 2 aliphatic carbocycles. The summed E-state index contributed by atoms with van der Waals surface area (Å²) in [5, 5.41) is 12.7. The maximum Gasteiger partial charge on any atom is 0.107 e. The van der Waals surface area contributed by atoms with Crippen molar-refractivity contribution in [2.45, 2.75) is 57.5 Å². The third kappa shape index (κ3) is 1.86. The molecule has 1 atom stereocenters. The van der Waals surface area contributed by atoms with Gasteiger partial charge in [0, 0.05) is 6.04 Å². The summed E-state index contributed by atoms with van der Waals surface area (Å²) in [5.74, 6) is 0. The second-order valence-corrected chi connectivity index (χ2v) is 5.45. The Morgan fingerprint density at radius 1 is 1.31 bits per heavy atom. The molecule has 1 unspecified atom stereocenters. The van der Waals surface area contributed by atoms with E-state index in [0.29, 0.717) is 11.5 Å². The maximum atomic E-state index is 9.21. The van der Waals surface area contributed by atoms with Gasteiger partial charge in [0.15, 0.2) is 0 Å². The Hall–Kier alpha value is -0.550. The van der Waals surface area contributed by atoms with Gasteiger partial charge in [0.1, 0.15) is 5.54 Å². The summed E-state index contributed by atoms with van der Waals surface area (Å²) in [6, 6.07) is 3.14. The highest BCUT2D eigenvalue weighted by Gasteiger charge is 2.45. The summed E-state index contributed by atoms with van der Waals surface area (Å²) >= 11 is 0. The number of hydrogen-bond acceptors (Lipinski definition) is 2. The molecule has 0 aromatic carbocycles. The van der Waals surface area contributed by atoms with Gasteiger partial charge in [-0.25, -0.2) is 0 Å². The first kappa shape index (κ1) is 9.02. The maximum absolute atomic E-state index is 9.21. The van der Waals surface area contributed by atoms with E-state index in [2.05, 4.69) is 25.2 Å². The lowest BCUT2D eigenvalue weighted by molar-refractivity contribution is 0.333. The molecule has 13 heavy (non-hydrogen) atoms. The van der Waals surface area contributed by atoms with E-state index in [4.69, 9.17) is 0 Å². The van der Waals surface area contributed by atoms with Crippen LogP contribution in [0.15, 0.2) is 0 Å². The fourth-order valence-electron chi connectivity index (χ4n) is 2.41. The predicted molar refractivity (Wildman–Crippen MR) is 52.1 cm³/mol. The lowest BCUT2D eigenvalue weighted by atomic mass is 9.88. The Kier molecular flexibility index (Phi) is 1.89. The summed E-state index contributed by atoms with van der Waals surface area (Å²) in [7, 11) is 0. The molecule has 72 valence electrons. The number of nitrogens with one attached hydrogen (secondary N) is 1. The third-order valence-electron chi connectivity index (χ3n) is 3.28. The minimum absolute atomic E-state index is 0.190. The number of rotatable bonds is 2. The second-order valence-electron chi connectivity index (χ2n) is 5.45. The lowest BCUT2D eigenvalue weighted by Crippen LogP contribution is -2.43. The Morgan fingerprint density at radius 2 is 2.00 bits per heavy atom. The number of nitrogens with zero attached hydrogens (tertiary/aromatic N) is 1. The van der Waals surface area contributed by atoms with E-state index < -0.39 is 0 Å². The van der Waals surface area contributed by atoms with Crippen LogP contribution in [0.2, 0.25) is 0 Å². The van der Waals surface area contributed by atoms with Crippen molar-refractivity contribution in [2.24, 2.45) is 5.41 Å². The van der Waals surface area contributed by atoms with Gasteiger partial charge in [-0.2, -0.15) is 5.26 Å². The highest BCUT2D eigenvalue weighted by atomic mass is 15.0. The average Bonchev–Trinajstić information content (AvgIpc) is 2.78. The number of hydrogen-bond donors (Lipinski definition) is 1. The number of nitriles is 1. The normalized spacial score (nSPS) is 37.3. The van der Waals surface area contributed by atoms with Crippen LogP contribution < -0.4 is 5.32 Å². The summed E-state index contributed by atoms with van der Waals surface area (Å²) in [6.07, 6.45) is 5.77. The molecule has 2 heteroatoms. The molecule has 0 aliphatic heterocycles. The molecule has 0 amide bonds. The second kappa shape index (κ2) is 2.72. The molecule has 2 nitrogen and oxygen atoms in total. The summed E-state index contributed by atoms with van der Waals surface area (Å²) in [4.78, 5) is 0. The predicted octanol–water partition coefficient (Wildman–Crippen LogP) is 2.21. The molecule has 2 fully saturated rings. The van der Waals surface area contributed by atoms with Crippen LogP contribution in [0.25, 0.3) is 0 Å². The van der Waals surface area contributed by atoms with Gasteiger partial charge in [-0.05, 0) is 37.5 Å². The van der Waals surface area contributed by atoms with Gasteiger partial charge in [-0.15, -0.1) is 0 Å². The fourth-order valence-corrected chi connectivity index (χ4v) is 2.41. The summed E-state index contributed by atoms with van der Waals surface area (Å²) in [6.45, 7) is 4.53. The van der Waals surface area contributed by atoms with Gasteiger partial charge in [-0.3, -0.25) is 5.32 Å². The van der Waals surface area contributed by atoms with Gasteiger partial charge in [0.25, 0.3) is 0 Å². The van der Waals surface area contributed by atoms with Gasteiger partial charge >= 0.3 is 0 Å². The summed E-state index contributed by atoms with van der Waals surface area (Å²) in [5.41, 5.74) is 0.169. The van der Waals surface area contributed by atoms with Gasteiger partial charge < -0.3 is 0 Å². The Balaban J connectivity index is 2.04. The Labute approximate surface area is 80.3 Å². The molecule has 0 heterocycles. The lowest BCUT2D eigenvalue weighted by Gasteiger charge is -2.24. The monoisotopic (exact) mass is 178 g/mol. The largest absolute Gasteiger partial charge is 0.297 e. The molecule has 0 saturated heterocycles. The zero-order chi connectivity index (χ0) is 9.53. The van der Waals surface area contributed by atoms with Crippen LogP contribution in [0.1, 0.15) is 46.0 Å². The topological polar surface area (TPSA) is 35.8 Å². The average molecular weight is 178 g/mol. The SMILES string of the molecule is CC1(C)CCC(C#N)(NC2CC2)C1. The molecule has 2 aliphatic rings. The van der Waals surface area contributed by atoms with Crippen LogP contribution in [0, 0.1) is 16.7 Å². The Morgan fingerprint density at radius 3 is 2.38 bits per heavy atom. The van der Waals surface area contributed by atoms with Crippen LogP contribution in [0.4, 0.5) is 0 Å². The van der Waals surface area contributed by atoms with Crippen molar-refractivity contribution in [3.63, 3.8) is 0 Å². The molecular formula is C11H18N2. The third-order valence-corrected chi connectivity index (χ3v) is 3.28. The van der Waals surface area contributed by atoms with E-state index in [0.717, 1.165) is 12.8 Å². The quantitative estimate of drug-likeness (QED) is 0.703. The van der Waals surface area contributed by atoms with Gasteiger partial charge in [0.2, 0.25) is 0 Å². The molecule has 2 rings (SSSR count).